The van der Waals surface area contributed by atoms with Gasteiger partial charge in [-0.05, 0) is 44.8 Å². The standard InChI is InChI=1S/C15H21N3O3/c1-17(2)8-4-7-16-14(19)10-11-5-6-13-12(9-11)18(3)15(20)21-13/h5-6,9H,4,7-8,10H2,1-3H3,(H,16,19). The van der Waals surface area contributed by atoms with Crippen molar-refractivity contribution in [2.45, 2.75) is 12.8 Å². The zero-order valence-corrected chi connectivity index (χ0v) is 12.7. The van der Waals surface area contributed by atoms with Crippen molar-refractivity contribution in [2.24, 2.45) is 7.05 Å². The number of amides is 1. The first kappa shape index (κ1) is 15.3. The molecule has 0 aliphatic heterocycles. The monoisotopic (exact) mass is 291 g/mol. The lowest BCUT2D eigenvalue weighted by Gasteiger charge is -2.10. The first-order chi connectivity index (χ1) is 9.97. The smallest absolute Gasteiger partial charge is 0.408 e. The maximum atomic E-state index is 11.9. The molecule has 0 atom stereocenters. The van der Waals surface area contributed by atoms with Gasteiger partial charge in [0, 0.05) is 13.6 Å². The van der Waals surface area contributed by atoms with Gasteiger partial charge in [0.2, 0.25) is 5.91 Å². The van der Waals surface area contributed by atoms with E-state index in [9.17, 15) is 9.59 Å². The first-order valence-electron chi connectivity index (χ1n) is 6.97. The minimum absolute atomic E-state index is 0.0124. The van der Waals surface area contributed by atoms with E-state index in [0.29, 0.717) is 24.1 Å². The molecule has 2 rings (SSSR count). The molecule has 1 amide bonds. The molecule has 0 spiro atoms. The number of hydrogen-bond acceptors (Lipinski definition) is 4. The predicted octanol–water partition coefficient (Wildman–Crippen LogP) is 0.742. The van der Waals surface area contributed by atoms with Crippen LogP contribution in [-0.2, 0) is 18.3 Å². The summed E-state index contributed by atoms with van der Waals surface area (Å²) in [6.07, 6.45) is 1.23. The summed E-state index contributed by atoms with van der Waals surface area (Å²) in [4.78, 5) is 25.4. The lowest BCUT2D eigenvalue weighted by Crippen LogP contribution is -2.28. The van der Waals surface area contributed by atoms with Crippen molar-refractivity contribution in [2.75, 3.05) is 27.2 Å². The largest absolute Gasteiger partial charge is 0.419 e. The number of rotatable bonds is 6. The van der Waals surface area contributed by atoms with Crippen LogP contribution in [-0.4, -0.2) is 42.6 Å². The number of benzene rings is 1. The summed E-state index contributed by atoms with van der Waals surface area (Å²) in [6.45, 7) is 1.62. The van der Waals surface area contributed by atoms with Gasteiger partial charge in [0.1, 0.15) is 0 Å². The van der Waals surface area contributed by atoms with E-state index < -0.39 is 5.76 Å². The molecule has 1 aromatic carbocycles. The number of carbonyl (C=O) groups is 1. The molecule has 0 saturated heterocycles. The van der Waals surface area contributed by atoms with Gasteiger partial charge < -0.3 is 14.6 Å². The normalized spacial score (nSPS) is 11.2. The molecular formula is C15H21N3O3. The molecule has 0 aliphatic rings. The Labute approximate surface area is 123 Å². The topological polar surface area (TPSA) is 67.5 Å². The average molecular weight is 291 g/mol. The molecule has 0 bridgehead atoms. The number of oxazole rings is 1. The summed E-state index contributed by atoms with van der Waals surface area (Å²) in [5, 5.41) is 2.90. The van der Waals surface area contributed by atoms with Crippen LogP contribution in [0.5, 0.6) is 0 Å². The molecule has 6 nitrogen and oxygen atoms in total. The van der Waals surface area contributed by atoms with Crippen molar-refractivity contribution < 1.29 is 9.21 Å². The fourth-order valence-corrected chi connectivity index (χ4v) is 2.15. The number of nitrogens with zero attached hydrogens (tertiary/aromatic N) is 2. The van der Waals surface area contributed by atoms with Gasteiger partial charge in [-0.2, -0.15) is 0 Å². The second-order valence-electron chi connectivity index (χ2n) is 5.41. The Bertz CT molecular complexity index is 685. The Hall–Kier alpha value is -2.08. The third kappa shape index (κ3) is 3.95. The van der Waals surface area contributed by atoms with E-state index in [1.54, 1.807) is 13.1 Å². The molecule has 1 aromatic heterocycles. The van der Waals surface area contributed by atoms with Gasteiger partial charge >= 0.3 is 5.76 Å². The molecule has 1 heterocycles. The van der Waals surface area contributed by atoms with Crippen LogP contribution in [0.15, 0.2) is 27.4 Å². The van der Waals surface area contributed by atoms with Gasteiger partial charge in [-0.15, -0.1) is 0 Å². The van der Waals surface area contributed by atoms with Gasteiger partial charge in [-0.3, -0.25) is 9.36 Å². The second kappa shape index (κ2) is 6.58. The van der Waals surface area contributed by atoms with Gasteiger partial charge in [-0.1, -0.05) is 6.07 Å². The number of carbonyl (C=O) groups excluding carboxylic acids is 1. The number of aromatic nitrogens is 1. The van der Waals surface area contributed by atoms with Crippen molar-refractivity contribution in [3.63, 3.8) is 0 Å². The zero-order chi connectivity index (χ0) is 15.4. The van der Waals surface area contributed by atoms with Crippen molar-refractivity contribution in [1.29, 1.82) is 0 Å². The Morgan fingerprint density at radius 3 is 2.86 bits per heavy atom. The van der Waals surface area contributed by atoms with Gasteiger partial charge in [0.15, 0.2) is 5.58 Å². The van der Waals surface area contributed by atoms with Crippen LogP contribution in [0.25, 0.3) is 11.1 Å². The molecule has 21 heavy (non-hydrogen) atoms. The van der Waals surface area contributed by atoms with Crippen molar-refractivity contribution in [1.82, 2.24) is 14.8 Å². The number of aryl methyl sites for hydroxylation is 1. The fourth-order valence-electron chi connectivity index (χ4n) is 2.15. The highest BCUT2D eigenvalue weighted by molar-refractivity contribution is 5.81. The maximum Gasteiger partial charge on any atom is 0.419 e. The average Bonchev–Trinajstić information content (AvgIpc) is 2.70. The Morgan fingerprint density at radius 1 is 1.38 bits per heavy atom. The van der Waals surface area contributed by atoms with E-state index in [4.69, 9.17) is 4.42 Å². The quantitative estimate of drug-likeness (QED) is 0.797. The van der Waals surface area contributed by atoms with Crippen LogP contribution in [0, 0.1) is 0 Å². The van der Waals surface area contributed by atoms with Crippen LogP contribution in [0.4, 0.5) is 0 Å². The molecule has 0 fully saturated rings. The van der Waals surface area contributed by atoms with E-state index in [0.717, 1.165) is 18.5 Å². The number of hydrogen-bond donors (Lipinski definition) is 1. The minimum atomic E-state index is -0.393. The minimum Gasteiger partial charge on any atom is -0.408 e. The molecule has 1 N–H and O–H groups in total. The SMILES string of the molecule is CN(C)CCCNC(=O)Cc1ccc2oc(=O)n(C)c2c1. The molecule has 0 aliphatic carbocycles. The van der Waals surface area contributed by atoms with Gasteiger partial charge in [-0.25, -0.2) is 4.79 Å². The highest BCUT2D eigenvalue weighted by atomic mass is 16.4. The third-order valence-electron chi connectivity index (χ3n) is 3.32. The highest BCUT2D eigenvalue weighted by Crippen LogP contribution is 2.14. The van der Waals surface area contributed by atoms with Crippen LogP contribution in [0.2, 0.25) is 0 Å². The summed E-state index contributed by atoms with van der Waals surface area (Å²) >= 11 is 0. The summed E-state index contributed by atoms with van der Waals surface area (Å²) in [5.74, 6) is -0.406. The molecule has 0 radical (unpaired) electrons. The van der Waals surface area contributed by atoms with E-state index in [2.05, 4.69) is 10.2 Å². The Balaban J connectivity index is 1.95. The first-order valence-corrected chi connectivity index (χ1v) is 6.97. The second-order valence-corrected chi connectivity index (χ2v) is 5.41. The fraction of sp³-hybridized carbons (Fsp3) is 0.467. The maximum absolute atomic E-state index is 11.9. The summed E-state index contributed by atoms with van der Waals surface area (Å²) in [6, 6.07) is 5.36. The van der Waals surface area contributed by atoms with E-state index in [1.807, 2.05) is 26.2 Å². The van der Waals surface area contributed by atoms with Crippen LogP contribution in [0.1, 0.15) is 12.0 Å². The lowest BCUT2D eigenvalue weighted by atomic mass is 10.1. The van der Waals surface area contributed by atoms with E-state index in [1.165, 1.54) is 4.57 Å². The molecule has 6 heteroatoms. The Morgan fingerprint density at radius 2 is 2.14 bits per heavy atom. The summed E-state index contributed by atoms with van der Waals surface area (Å²) in [5.41, 5.74) is 2.11. The highest BCUT2D eigenvalue weighted by Gasteiger charge is 2.08. The summed E-state index contributed by atoms with van der Waals surface area (Å²) in [7, 11) is 5.66. The van der Waals surface area contributed by atoms with Crippen molar-refractivity contribution >= 4 is 17.0 Å². The van der Waals surface area contributed by atoms with Crippen molar-refractivity contribution in [3.8, 4) is 0 Å². The Kier molecular flexibility index (Phi) is 4.80. The third-order valence-corrected chi connectivity index (χ3v) is 3.32. The van der Waals surface area contributed by atoms with Gasteiger partial charge in [0.25, 0.3) is 0 Å². The predicted molar refractivity (Wildman–Crippen MR) is 81.3 cm³/mol. The molecule has 0 saturated carbocycles. The number of fused-ring (bicyclic) bond motifs is 1. The van der Waals surface area contributed by atoms with Crippen LogP contribution < -0.4 is 11.1 Å². The molecular weight excluding hydrogens is 270 g/mol. The van der Waals surface area contributed by atoms with Crippen LogP contribution >= 0.6 is 0 Å². The lowest BCUT2D eigenvalue weighted by molar-refractivity contribution is -0.120. The molecule has 2 aromatic rings. The number of nitrogens with one attached hydrogen (secondary N) is 1. The van der Waals surface area contributed by atoms with Gasteiger partial charge in [0.05, 0.1) is 11.9 Å². The zero-order valence-electron chi connectivity index (χ0n) is 12.7. The van der Waals surface area contributed by atoms with Crippen molar-refractivity contribution in [3.05, 3.63) is 34.3 Å². The van der Waals surface area contributed by atoms with Crippen LogP contribution in [0.3, 0.4) is 0 Å². The molecule has 0 unspecified atom stereocenters. The van der Waals surface area contributed by atoms with E-state index in [-0.39, 0.29) is 5.91 Å². The van der Waals surface area contributed by atoms with E-state index >= 15 is 0 Å². The molecule has 114 valence electrons. The summed E-state index contributed by atoms with van der Waals surface area (Å²) < 4.78 is 6.50.